The molecular weight excluding hydrogens is 246 g/mol. The van der Waals surface area contributed by atoms with Gasteiger partial charge in [-0.05, 0) is 48.5 Å². The fourth-order valence-electron chi connectivity index (χ4n) is 1.62. The molecule has 1 aromatic heterocycles. The smallest absolute Gasteiger partial charge is 0.338 e. The van der Waals surface area contributed by atoms with Gasteiger partial charge in [0.15, 0.2) is 5.82 Å². The summed E-state index contributed by atoms with van der Waals surface area (Å²) in [7, 11) is 0. The molecule has 2 N–H and O–H groups in total. The Labute approximate surface area is 110 Å². The minimum Gasteiger partial charge on any atom is -0.462 e. The number of carbonyl (C=O) groups excluding carboxylic acids is 1. The second kappa shape index (κ2) is 5.57. The first-order valence-corrected chi connectivity index (χ1v) is 5.95. The summed E-state index contributed by atoms with van der Waals surface area (Å²) < 4.78 is 6.46. The van der Waals surface area contributed by atoms with E-state index in [2.05, 4.69) is 15.5 Å². The maximum absolute atomic E-state index is 11.5. The van der Waals surface area contributed by atoms with E-state index in [-0.39, 0.29) is 12.0 Å². The molecule has 0 saturated carbocycles. The lowest BCUT2D eigenvalue weighted by Crippen LogP contribution is -2.13. The van der Waals surface area contributed by atoms with Gasteiger partial charge in [0.05, 0.1) is 23.9 Å². The standard InChI is InChI=1S/C12H15N5O2/c1-3-19-12(18)9-4-6-10(7-5-9)17-11(8(2)13)14-15-16-17/h4-8H,3,13H2,1-2H3. The summed E-state index contributed by atoms with van der Waals surface area (Å²) in [5.74, 6) is 0.210. The molecule has 0 radical (unpaired) electrons. The van der Waals surface area contributed by atoms with Crippen LogP contribution in [0.3, 0.4) is 0 Å². The molecule has 19 heavy (non-hydrogen) atoms. The van der Waals surface area contributed by atoms with E-state index in [1.807, 2.05) is 0 Å². The van der Waals surface area contributed by atoms with E-state index in [4.69, 9.17) is 10.5 Å². The molecule has 1 aromatic carbocycles. The van der Waals surface area contributed by atoms with Gasteiger partial charge in [-0.3, -0.25) is 0 Å². The van der Waals surface area contributed by atoms with Gasteiger partial charge in [0.1, 0.15) is 0 Å². The van der Waals surface area contributed by atoms with Crippen LogP contribution in [-0.2, 0) is 4.74 Å². The lowest BCUT2D eigenvalue weighted by molar-refractivity contribution is 0.0526. The molecule has 0 aliphatic heterocycles. The summed E-state index contributed by atoms with van der Waals surface area (Å²) >= 11 is 0. The number of hydrogen-bond donors (Lipinski definition) is 1. The second-order valence-electron chi connectivity index (χ2n) is 4.00. The second-order valence-corrected chi connectivity index (χ2v) is 4.00. The van der Waals surface area contributed by atoms with Gasteiger partial charge in [0.25, 0.3) is 0 Å². The topological polar surface area (TPSA) is 95.9 Å². The number of benzene rings is 1. The predicted octanol–water partition coefficient (Wildman–Crippen LogP) is 0.859. The van der Waals surface area contributed by atoms with E-state index in [1.165, 1.54) is 0 Å². The zero-order valence-corrected chi connectivity index (χ0v) is 10.8. The van der Waals surface area contributed by atoms with Crippen LogP contribution < -0.4 is 5.73 Å². The van der Waals surface area contributed by atoms with Crippen molar-refractivity contribution in [3.05, 3.63) is 35.7 Å². The van der Waals surface area contributed by atoms with Crippen molar-refractivity contribution in [3.8, 4) is 5.69 Å². The van der Waals surface area contributed by atoms with Crippen molar-refractivity contribution in [1.82, 2.24) is 20.2 Å². The summed E-state index contributed by atoms with van der Waals surface area (Å²) in [6.07, 6.45) is 0. The van der Waals surface area contributed by atoms with Crippen LogP contribution in [0.5, 0.6) is 0 Å². The molecule has 0 fully saturated rings. The molecule has 1 heterocycles. The van der Waals surface area contributed by atoms with Gasteiger partial charge < -0.3 is 10.5 Å². The zero-order valence-electron chi connectivity index (χ0n) is 10.8. The number of nitrogens with two attached hydrogens (primary N) is 1. The summed E-state index contributed by atoms with van der Waals surface area (Å²) in [5.41, 5.74) is 7.00. The lowest BCUT2D eigenvalue weighted by atomic mass is 10.2. The highest BCUT2D eigenvalue weighted by molar-refractivity contribution is 5.89. The number of aromatic nitrogens is 4. The van der Waals surface area contributed by atoms with E-state index in [9.17, 15) is 4.79 Å². The maximum Gasteiger partial charge on any atom is 0.338 e. The third-order valence-corrected chi connectivity index (χ3v) is 2.52. The average Bonchev–Trinajstić information content (AvgIpc) is 2.88. The van der Waals surface area contributed by atoms with Crippen LogP contribution in [0.25, 0.3) is 5.69 Å². The highest BCUT2D eigenvalue weighted by Gasteiger charge is 2.13. The minimum absolute atomic E-state index is 0.278. The summed E-state index contributed by atoms with van der Waals surface area (Å²) in [6, 6.07) is 6.54. The van der Waals surface area contributed by atoms with Crippen LogP contribution in [0.4, 0.5) is 0 Å². The quantitative estimate of drug-likeness (QED) is 0.820. The predicted molar refractivity (Wildman–Crippen MR) is 67.7 cm³/mol. The van der Waals surface area contributed by atoms with Gasteiger partial charge in [0.2, 0.25) is 0 Å². The molecule has 1 unspecified atom stereocenters. The van der Waals surface area contributed by atoms with Crippen LogP contribution in [-0.4, -0.2) is 32.8 Å². The molecule has 0 saturated heterocycles. The van der Waals surface area contributed by atoms with Crippen molar-refractivity contribution in [2.75, 3.05) is 6.61 Å². The van der Waals surface area contributed by atoms with Crippen LogP contribution in [0.2, 0.25) is 0 Å². The number of rotatable bonds is 4. The van der Waals surface area contributed by atoms with Crippen LogP contribution in [0.1, 0.15) is 36.1 Å². The summed E-state index contributed by atoms with van der Waals surface area (Å²) in [5, 5.41) is 11.3. The van der Waals surface area contributed by atoms with Gasteiger partial charge in [-0.15, -0.1) is 5.10 Å². The highest BCUT2D eigenvalue weighted by Crippen LogP contribution is 2.13. The van der Waals surface area contributed by atoms with E-state index in [0.29, 0.717) is 18.0 Å². The van der Waals surface area contributed by atoms with Crippen molar-refractivity contribution in [1.29, 1.82) is 0 Å². The Morgan fingerprint density at radius 3 is 2.68 bits per heavy atom. The fourth-order valence-corrected chi connectivity index (χ4v) is 1.62. The number of nitrogens with zero attached hydrogens (tertiary/aromatic N) is 4. The molecule has 0 spiro atoms. The van der Waals surface area contributed by atoms with Crippen LogP contribution >= 0.6 is 0 Å². The SMILES string of the molecule is CCOC(=O)c1ccc(-n2nnnc2C(C)N)cc1. The Bertz CT molecular complexity index is 562. The largest absolute Gasteiger partial charge is 0.462 e. The van der Waals surface area contributed by atoms with E-state index in [0.717, 1.165) is 5.69 Å². The number of hydrogen-bond acceptors (Lipinski definition) is 6. The Kier molecular flexibility index (Phi) is 3.86. The van der Waals surface area contributed by atoms with Gasteiger partial charge in [-0.2, -0.15) is 4.68 Å². The molecule has 0 aliphatic carbocycles. The monoisotopic (exact) mass is 261 g/mol. The molecule has 0 amide bonds. The molecule has 2 rings (SSSR count). The number of tetrazole rings is 1. The van der Waals surface area contributed by atoms with Crippen LogP contribution in [0, 0.1) is 0 Å². The third kappa shape index (κ3) is 2.76. The Morgan fingerprint density at radius 1 is 1.42 bits per heavy atom. The first kappa shape index (κ1) is 13.2. The third-order valence-electron chi connectivity index (χ3n) is 2.52. The Balaban J connectivity index is 2.27. The normalized spacial score (nSPS) is 12.2. The van der Waals surface area contributed by atoms with E-state index < -0.39 is 0 Å². The van der Waals surface area contributed by atoms with E-state index >= 15 is 0 Å². The molecule has 1 atom stereocenters. The van der Waals surface area contributed by atoms with Gasteiger partial charge in [0, 0.05) is 0 Å². The zero-order chi connectivity index (χ0) is 13.8. The first-order valence-electron chi connectivity index (χ1n) is 5.95. The Hall–Kier alpha value is -2.28. The molecule has 7 heteroatoms. The number of ether oxygens (including phenoxy) is 1. The summed E-state index contributed by atoms with van der Waals surface area (Å²) in [4.78, 5) is 11.5. The highest BCUT2D eigenvalue weighted by atomic mass is 16.5. The van der Waals surface area contributed by atoms with Gasteiger partial charge in [-0.25, -0.2) is 4.79 Å². The van der Waals surface area contributed by atoms with Gasteiger partial charge in [-0.1, -0.05) is 0 Å². The van der Waals surface area contributed by atoms with Crippen molar-refractivity contribution in [2.45, 2.75) is 19.9 Å². The average molecular weight is 261 g/mol. The number of esters is 1. The first-order chi connectivity index (χ1) is 9.13. The van der Waals surface area contributed by atoms with Crippen molar-refractivity contribution in [3.63, 3.8) is 0 Å². The maximum atomic E-state index is 11.5. The molecule has 0 aliphatic rings. The molecule has 2 aromatic rings. The summed E-state index contributed by atoms with van der Waals surface area (Å²) in [6.45, 7) is 3.92. The van der Waals surface area contributed by atoms with E-state index in [1.54, 1.807) is 42.8 Å². The van der Waals surface area contributed by atoms with Gasteiger partial charge >= 0.3 is 5.97 Å². The molecule has 100 valence electrons. The van der Waals surface area contributed by atoms with Crippen LogP contribution in [0.15, 0.2) is 24.3 Å². The van der Waals surface area contributed by atoms with Crippen molar-refractivity contribution >= 4 is 5.97 Å². The Morgan fingerprint density at radius 2 is 2.11 bits per heavy atom. The minimum atomic E-state index is -0.349. The lowest BCUT2D eigenvalue weighted by Gasteiger charge is -2.07. The van der Waals surface area contributed by atoms with Crippen molar-refractivity contribution in [2.24, 2.45) is 5.73 Å². The molecule has 7 nitrogen and oxygen atoms in total. The molecule has 0 bridgehead atoms. The van der Waals surface area contributed by atoms with Crippen molar-refractivity contribution < 1.29 is 9.53 Å². The number of carbonyl (C=O) groups is 1. The molecular formula is C12H15N5O2. The fraction of sp³-hybridized carbons (Fsp3) is 0.333.